The van der Waals surface area contributed by atoms with Gasteiger partial charge >= 0.3 is 6.18 Å². The molecule has 1 unspecified atom stereocenters. The summed E-state index contributed by atoms with van der Waals surface area (Å²) in [5.74, 6) is -2.92. The second kappa shape index (κ2) is 5.94. The van der Waals surface area contributed by atoms with Crippen molar-refractivity contribution in [2.45, 2.75) is 31.5 Å². The molecule has 4 nitrogen and oxygen atoms in total. The molecule has 1 aromatic heterocycles. The summed E-state index contributed by atoms with van der Waals surface area (Å²) >= 11 is 0. The van der Waals surface area contributed by atoms with Crippen molar-refractivity contribution in [1.82, 2.24) is 14.9 Å². The second-order valence-electron chi connectivity index (χ2n) is 5.69. The highest BCUT2D eigenvalue weighted by Crippen LogP contribution is 2.33. The summed E-state index contributed by atoms with van der Waals surface area (Å²) in [6.07, 6.45) is -3.31. The largest absolute Gasteiger partial charge is 0.419 e. The number of aromatic nitrogens is 2. The van der Waals surface area contributed by atoms with Gasteiger partial charge in [-0.05, 0) is 13.0 Å². The summed E-state index contributed by atoms with van der Waals surface area (Å²) in [5, 5.41) is 2.81. The Hall–Kier alpha value is -1.51. The Morgan fingerprint density at radius 3 is 2.41 bits per heavy atom. The van der Waals surface area contributed by atoms with Gasteiger partial charge in [0.05, 0.1) is 12.1 Å². The van der Waals surface area contributed by atoms with Gasteiger partial charge in [0.15, 0.2) is 0 Å². The van der Waals surface area contributed by atoms with Gasteiger partial charge in [0.1, 0.15) is 0 Å². The number of piperidine rings is 1. The van der Waals surface area contributed by atoms with E-state index in [9.17, 15) is 22.0 Å². The number of nitrogens with zero attached hydrogens (tertiary/aromatic N) is 3. The summed E-state index contributed by atoms with van der Waals surface area (Å²) in [7, 11) is 1.60. The van der Waals surface area contributed by atoms with Crippen LogP contribution < -0.4 is 5.32 Å². The number of anilines is 1. The molecule has 1 saturated heterocycles. The molecule has 1 N–H and O–H groups in total. The zero-order valence-electron chi connectivity index (χ0n) is 12.2. The van der Waals surface area contributed by atoms with Crippen molar-refractivity contribution in [1.29, 1.82) is 0 Å². The maximum Gasteiger partial charge on any atom is 0.419 e. The number of likely N-dealkylation sites (tertiary alicyclic amines) is 1. The third-order valence-corrected chi connectivity index (χ3v) is 3.77. The van der Waals surface area contributed by atoms with Crippen LogP contribution in [0.4, 0.5) is 27.9 Å². The maximum atomic E-state index is 13.4. The molecule has 124 valence electrons. The summed E-state index contributed by atoms with van der Waals surface area (Å²) in [5.41, 5.74) is -0.930. The van der Waals surface area contributed by atoms with Crippen LogP contribution in [-0.4, -0.2) is 47.0 Å². The normalized spacial score (nSPS) is 26.0. The number of alkyl halides is 5. The molecule has 0 saturated carbocycles. The zero-order valence-corrected chi connectivity index (χ0v) is 12.2. The van der Waals surface area contributed by atoms with E-state index in [0.717, 1.165) is 0 Å². The first-order valence-corrected chi connectivity index (χ1v) is 6.80. The molecule has 2 rings (SSSR count). The van der Waals surface area contributed by atoms with E-state index >= 15 is 0 Å². The van der Waals surface area contributed by atoms with Gasteiger partial charge in [0, 0.05) is 31.4 Å². The Balaban J connectivity index is 1.95. The van der Waals surface area contributed by atoms with Gasteiger partial charge < -0.3 is 5.32 Å². The summed E-state index contributed by atoms with van der Waals surface area (Å²) in [6, 6.07) is -0.162. The Morgan fingerprint density at radius 2 is 1.91 bits per heavy atom. The van der Waals surface area contributed by atoms with Gasteiger partial charge in [0.2, 0.25) is 5.95 Å². The number of halogens is 5. The number of nitrogens with one attached hydrogen (secondary N) is 1. The van der Waals surface area contributed by atoms with Crippen LogP contribution in [0.2, 0.25) is 0 Å². The van der Waals surface area contributed by atoms with E-state index in [-0.39, 0.29) is 30.9 Å². The highest BCUT2D eigenvalue weighted by atomic mass is 19.4. The Labute approximate surface area is 124 Å². The smallest absolute Gasteiger partial charge is 0.353 e. The van der Waals surface area contributed by atoms with E-state index in [1.807, 2.05) is 0 Å². The van der Waals surface area contributed by atoms with Gasteiger partial charge in [-0.3, -0.25) is 4.90 Å². The van der Waals surface area contributed by atoms with Crippen LogP contribution in [0, 0.1) is 5.92 Å². The molecule has 9 heteroatoms. The molecule has 1 aromatic rings. The average Bonchev–Trinajstić information content (AvgIpc) is 2.35. The molecule has 2 atom stereocenters. The molecule has 0 radical (unpaired) electrons. The van der Waals surface area contributed by atoms with Crippen LogP contribution in [0.5, 0.6) is 0 Å². The SMILES string of the molecule is CC1CC(F)(F)CN(C)[C@@H]1CNc1ncc(C(F)(F)F)cn1. The minimum absolute atomic E-state index is 0.0472. The Bertz CT molecular complexity index is 488. The zero-order chi connectivity index (χ0) is 16.5. The Kier molecular flexibility index (Phi) is 4.55. The molecule has 22 heavy (non-hydrogen) atoms. The number of likely N-dealkylation sites (N-methyl/N-ethyl adjacent to an activating group) is 1. The summed E-state index contributed by atoms with van der Waals surface area (Å²) in [6.45, 7) is 1.68. The maximum absolute atomic E-state index is 13.4. The van der Waals surface area contributed by atoms with Crippen LogP contribution in [-0.2, 0) is 6.18 Å². The predicted molar refractivity (Wildman–Crippen MR) is 70.7 cm³/mol. The monoisotopic (exact) mass is 324 g/mol. The summed E-state index contributed by atoms with van der Waals surface area (Å²) in [4.78, 5) is 8.75. The van der Waals surface area contributed by atoms with Crippen molar-refractivity contribution in [3.8, 4) is 0 Å². The molecule has 0 amide bonds. The molecule has 1 fully saturated rings. The van der Waals surface area contributed by atoms with Crippen LogP contribution >= 0.6 is 0 Å². The number of hydrogen-bond acceptors (Lipinski definition) is 4. The third kappa shape index (κ3) is 4.02. The van der Waals surface area contributed by atoms with Gasteiger partial charge in [-0.25, -0.2) is 18.7 Å². The molecule has 2 heterocycles. The van der Waals surface area contributed by atoms with Gasteiger partial charge in [0.25, 0.3) is 5.92 Å². The Morgan fingerprint density at radius 1 is 1.32 bits per heavy atom. The molecule has 0 aliphatic carbocycles. The van der Waals surface area contributed by atoms with Crippen LogP contribution in [0.1, 0.15) is 18.9 Å². The minimum atomic E-state index is -4.48. The molecule has 0 spiro atoms. The lowest BCUT2D eigenvalue weighted by Crippen LogP contribution is -2.53. The van der Waals surface area contributed by atoms with Crippen molar-refractivity contribution in [3.05, 3.63) is 18.0 Å². The molecule has 0 bridgehead atoms. The quantitative estimate of drug-likeness (QED) is 0.868. The van der Waals surface area contributed by atoms with Gasteiger partial charge in [-0.2, -0.15) is 13.2 Å². The fraction of sp³-hybridized carbons (Fsp3) is 0.692. The fourth-order valence-electron chi connectivity index (χ4n) is 2.71. The van der Waals surface area contributed by atoms with E-state index in [1.165, 1.54) is 0 Å². The molecular weight excluding hydrogens is 307 g/mol. The van der Waals surface area contributed by atoms with Crippen molar-refractivity contribution in [3.63, 3.8) is 0 Å². The van der Waals surface area contributed by atoms with E-state index < -0.39 is 17.7 Å². The molecule has 0 aromatic carbocycles. The van der Waals surface area contributed by atoms with E-state index in [1.54, 1.807) is 18.9 Å². The van der Waals surface area contributed by atoms with Crippen LogP contribution in [0.15, 0.2) is 12.4 Å². The van der Waals surface area contributed by atoms with E-state index in [4.69, 9.17) is 0 Å². The van der Waals surface area contributed by atoms with Crippen LogP contribution in [0.25, 0.3) is 0 Å². The van der Waals surface area contributed by atoms with Crippen molar-refractivity contribution in [2.24, 2.45) is 5.92 Å². The van der Waals surface area contributed by atoms with Gasteiger partial charge in [-0.1, -0.05) is 6.92 Å². The second-order valence-corrected chi connectivity index (χ2v) is 5.69. The predicted octanol–water partition coefficient (Wildman–Crippen LogP) is 2.88. The first kappa shape index (κ1) is 16.9. The average molecular weight is 324 g/mol. The lowest BCUT2D eigenvalue weighted by atomic mass is 9.89. The van der Waals surface area contributed by atoms with Crippen LogP contribution in [0.3, 0.4) is 0 Å². The minimum Gasteiger partial charge on any atom is -0.353 e. The van der Waals surface area contributed by atoms with Crippen molar-refractivity contribution >= 4 is 5.95 Å². The third-order valence-electron chi connectivity index (χ3n) is 3.77. The number of rotatable bonds is 3. The first-order chi connectivity index (χ1) is 10.1. The molecule has 1 aliphatic rings. The number of hydrogen-bond donors (Lipinski definition) is 1. The van der Waals surface area contributed by atoms with Crippen molar-refractivity contribution < 1.29 is 22.0 Å². The fourth-order valence-corrected chi connectivity index (χ4v) is 2.71. The van der Waals surface area contributed by atoms with Crippen molar-refractivity contribution in [2.75, 3.05) is 25.5 Å². The standard InChI is InChI=1S/C13H17F5N4/c1-8-3-12(14,15)7-22(2)10(8)6-21-11-19-4-9(5-20-11)13(16,17)18/h4-5,8,10H,3,6-7H2,1-2H3,(H,19,20,21)/t8?,10-/m1/s1. The summed E-state index contributed by atoms with van der Waals surface area (Å²) < 4.78 is 64.0. The molecular formula is C13H17F5N4. The molecule has 1 aliphatic heterocycles. The highest BCUT2D eigenvalue weighted by molar-refractivity contribution is 5.26. The highest BCUT2D eigenvalue weighted by Gasteiger charge is 2.42. The first-order valence-electron chi connectivity index (χ1n) is 6.80. The topological polar surface area (TPSA) is 41.0 Å². The van der Waals surface area contributed by atoms with E-state index in [0.29, 0.717) is 18.9 Å². The lowest BCUT2D eigenvalue weighted by molar-refractivity contribution is -0.138. The van der Waals surface area contributed by atoms with E-state index in [2.05, 4.69) is 15.3 Å². The van der Waals surface area contributed by atoms with Gasteiger partial charge in [-0.15, -0.1) is 0 Å². The lowest BCUT2D eigenvalue weighted by Gasteiger charge is -2.41.